The Hall–Kier alpha value is -2.78. The number of carbonyl (C=O) groups is 2. The van der Waals surface area contributed by atoms with Gasteiger partial charge in [0.05, 0.1) is 6.61 Å². The molecule has 0 saturated heterocycles. The monoisotopic (exact) mass is 368 g/mol. The molecule has 1 aliphatic carbocycles. The molecule has 144 valence electrons. The molecule has 0 spiro atoms. The average molecular weight is 368 g/mol. The summed E-state index contributed by atoms with van der Waals surface area (Å²) >= 11 is 0. The Balaban J connectivity index is 1.82. The normalized spacial score (nSPS) is 19.6. The van der Waals surface area contributed by atoms with Gasteiger partial charge in [0.1, 0.15) is 0 Å². The molecule has 0 unspecified atom stereocenters. The van der Waals surface area contributed by atoms with Crippen molar-refractivity contribution in [3.8, 4) is 5.75 Å². The number of aromatic hydroxyl groups is 1. The molecule has 10 nitrogen and oxygen atoms in total. The lowest BCUT2D eigenvalue weighted by Crippen LogP contribution is -2.44. The summed E-state index contributed by atoms with van der Waals surface area (Å²) in [5.41, 5.74) is -2.35. The molecule has 1 heterocycles. The van der Waals surface area contributed by atoms with E-state index < -0.39 is 34.7 Å². The van der Waals surface area contributed by atoms with Crippen molar-refractivity contribution < 1.29 is 19.4 Å². The summed E-state index contributed by atoms with van der Waals surface area (Å²) in [5, 5.41) is 15.1. The lowest BCUT2D eigenvalue weighted by atomic mass is 9.91. The third kappa shape index (κ3) is 5.36. The van der Waals surface area contributed by atoms with Crippen LogP contribution in [0.1, 0.15) is 55.9 Å². The maximum Gasteiger partial charge on any atom is 0.407 e. The van der Waals surface area contributed by atoms with E-state index in [0.29, 0.717) is 32.3 Å². The number of ether oxygens (including phenoxy) is 1. The SMILES string of the molecule is CCCCOC(=O)NC1CCC(NC(=O)c2[nH]c(=O)[nH]c(=O)c2O)CC1. The highest BCUT2D eigenvalue weighted by atomic mass is 16.5. The fourth-order valence-electron chi connectivity index (χ4n) is 2.80. The van der Waals surface area contributed by atoms with E-state index >= 15 is 0 Å². The number of hydrogen-bond acceptors (Lipinski definition) is 6. The summed E-state index contributed by atoms with van der Waals surface area (Å²) in [7, 11) is 0. The molecule has 10 heteroatoms. The van der Waals surface area contributed by atoms with E-state index in [1.807, 2.05) is 11.9 Å². The fourth-order valence-corrected chi connectivity index (χ4v) is 2.80. The van der Waals surface area contributed by atoms with Gasteiger partial charge >= 0.3 is 11.8 Å². The number of nitrogens with one attached hydrogen (secondary N) is 4. The van der Waals surface area contributed by atoms with Crippen LogP contribution in [0.2, 0.25) is 0 Å². The quantitative estimate of drug-likeness (QED) is 0.456. The Bertz CT molecular complexity index is 748. The number of aromatic nitrogens is 2. The van der Waals surface area contributed by atoms with Crippen LogP contribution in [0.4, 0.5) is 4.79 Å². The molecule has 5 N–H and O–H groups in total. The Morgan fingerprint density at radius 1 is 1.12 bits per heavy atom. The molecular formula is C16H24N4O6. The van der Waals surface area contributed by atoms with Crippen LogP contribution < -0.4 is 21.9 Å². The van der Waals surface area contributed by atoms with Gasteiger partial charge in [-0.1, -0.05) is 13.3 Å². The smallest absolute Gasteiger partial charge is 0.407 e. The van der Waals surface area contributed by atoms with Gasteiger partial charge in [0.25, 0.3) is 11.5 Å². The van der Waals surface area contributed by atoms with Crippen LogP contribution in [-0.4, -0.2) is 45.8 Å². The lowest BCUT2D eigenvalue weighted by Gasteiger charge is -2.29. The van der Waals surface area contributed by atoms with Crippen LogP contribution in [0.25, 0.3) is 0 Å². The summed E-state index contributed by atoms with van der Waals surface area (Å²) in [6.45, 7) is 2.41. The second-order valence-electron chi connectivity index (χ2n) is 6.29. The molecule has 0 atom stereocenters. The first kappa shape index (κ1) is 19.5. The van der Waals surface area contributed by atoms with E-state index in [9.17, 15) is 24.3 Å². The van der Waals surface area contributed by atoms with Crippen molar-refractivity contribution in [3.05, 3.63) is 26.5 Å². The largest absolute Gasteiger partial charge is 0.501 e. The minimum Gasteiger partial charge on any atom is -0.501 e. The zero-order chi connectivity index (χ0) is 19.1. The second-order valence-corrected chi connectivity index (χ2v) is 6.29. The third-order valence-electron chi connectivity index (χ3n) is 4.26. The Morgan fingerprint density at radius 3 is 2.35 bits per heavy atom. The van der Waals surface area contributed by atoms with E-state index in [1.165, 1.54) is 0 Å². The number of rotatable bonds is 6. The zero-order valence-electron chi connectivity index (χ0n) is 14.6. The summed E-state index contributed by atoms with van der Waals surface area (Å²) in [4.78, 5) is 50.3. The molecule has 1 aromatic heterocycles. The van der Waals surface area contributed by atoms with Gasteiger partial charge in [0.2, 0.25) is 5.75 Å². The Labute approximate surface area is 149 Å². The predicted octanol–water partition coefficient (Wildman–Crippen LogP) is 0.336. The summed E-state index contributed by atoms with van der Waals surface area (Å²) in [6.07, 6.45) is 3.88. The second kappa shape index (κ2) is 9.07. The number of aromatic amines is 2. The minimum atomic E-state index is -1.02. The highest BCUT2D eigenvalue weighted by Crippen LogP contribution is 2.19. The van der Waals surface area contributed by atoms with Crippen LogP contribution in [0.5, 0.6) is 5.75 Å². The van der Waals surface area contributed by atoms with Gasteiger partial charge in [-0.25, -0.2) is 9.59 Å². The van der Waals surface area contributed by atoms with Crippen molar-refractivity contribution in [1.29, 1.82) is 0 Å². The van der Waals surface area contributed by atoms with E-state index in [0.717, 1.165) is 12.8 Å². The van der Waals surface area contributed by atoms with Gasteiger partial charge in [0.15, 0.2) is 5.69 Å². The molecule has 0 aromatic carbocycles. The van der Waals surface area contributed by atoms with E-state index in [4.69, 9.17) is 4.74 Å². The fraction of sp³-hybridized carbons (Fsp3) is 0.625. The van der Waals surface area contributed by atoms with E-state index in [-0.39, 0.29) is 12.1 Å². The van der Waals surface area contributed by atoms with Crippen molar-refractivity contribution in [2.24, 2.45) is 0 Å². The molecule has 1 aliphatic rings. The van der Waals surface area contributed by atoms with E-state index in [1.54, 1.807) is 0 Å². The Kier molecular flexibility index (Phi) is 6.81. The van der Waals surface area contributed by atoms with Gasteiger partial charge in [-0.2, -0.15) is 0 Å². The topological polar surface area (TPSA) is 153 Å². The van der Waals surface area contributed by atoms with Gasteiger partial charge < -0.3 is 20.5 Å². The molecule has 2 rings (SSSR count). The van der Waals surface area contributed by atoms with Crippen molar-refractivity contribution in [3.63, 3.8) is 0 Å². The molecule has 0 radical (unpaired) electrons. The number of amides is 2. The maximum atomic E-state index is 12.2. The van der Waals surface area contributed by atoms with Gasteiger partial charge in [-0.15, -0.1) is 0 Å². The number of carbonyl (C=O) groups excluding carboxylic acids is 2. The summed E-state index contributed by atoms with van der Waals surface area (Å²) < 4.78 is 5.06. The molecule has 0 aliphatic heterocycles. The molecular weight excluding hydrogens is 344 g/mol. The van der Waals surface area contributed by atoms with Crippen molar-refractivity contribution >= 4 is 12.0 Å². The highest BCUT2D eigenvalue weighted by molar-refractivity contribution is 5.94. The predicted molar refractivity (Wildman–Crippen MR) is 92.3 cm³/mol. The average Bonchev–Trinajstić information content (AvgIpc) is 2.60. The van der Waals surface area contributed by atoms with Crippen LogP contribution in [-0.2, 0) is 4.74 Å². The molecule has 1 aromatic rings. The summed E-state index contributed by atoms with van der Waals surface area (Å²) in [6, 6.07) is -0.205. The van der Waals surface area contributed by atoms with Crippen LogP contribution in [0, 0.1) is 0 Å². The van der Waals surface area contributed by atoms with Gasteiger partial charge in [0, 0.05) is 12.1 Å². The number of hydrogen-bond donors (Lipinski definition) is 5. The van der Waals surface area contributed by atoms with Crippen LogP contribution in [0.3, 0.4) is 0 Å². The molecule has 26 heavy (non-hydrogen) atoms. The molecule has 0 bridgehead atoms. The first-order valence-electron chi connectivity index (χ1n) is 8.70. The maximum absolute atomic E-state index is 12.2. The first-order chi connectivity index (χ1) is 12.4. The van der Waals surface area contributed by atoms with E-state index in [2.05, 4.69) is 15.6 Å². The lowest BCUT2D eigenvalue weighted by molar-refractivity contribution is 0.0912. The zero-order valence-corrected chi connectivity index (χ0v) is 14.6. The number of unbranched alkanes of at least 4 members (excludes halogenated alkanes) is 1. The molecule has 2 amide bonds. The van der Waals surface area contributed by atoms with Crippen LogP contribution in [0.15, 0.2) is 9.59 Å². The minimum absolute atomic E-state index is 0.0231. The summed E-state index contributed by atoms with van der Waals surface area (Å²) in [5.74, 6) is -1.55. The van der Waals surface area contributed by atoms with Crippen molar-refractivity contribution in [2.45, 2.75) is 57.5 Å². The molecule has 1 fully saturated rings. The third-order valence-corrected chi connectivity index (χ3v) is 4.26. The number of alkyl carbamates (subject to hydrolysis) is 1. The Morgan fingerprint density at radius 2 is 1.73 bits per heavy atom. The van der Waals surface area contributed by atoms with Crippen molar-refractivity contribution in [1.82, 2.24) is 20.6 Å². The highest BCUT2D eigenvalue weighted by Gasteiger charge is 2.25. The van der Waals surface area contributed by atoms with Crippen LogP contribution >= 0.6 is 0 Å². The molecule has 1 saturated carbocycles. The van der Waals surface area contributed by atoms with Gasteiger partial charge in [-0.05, 0) is 32.1 Å². The standard InChI is InChI=1S/C16H24N4O6/c1-2-3-8-26-16(25)18-10-6-4-9(5-7-10)17-13(22)11-12(21)14(23)20-15(24)19-11/h9-10,21H,2-8H2,1H3,(H,17,22)(H,18,25)(H2,19,20,23,24). The van der Waals surface area contributed by atoms with Crippen molar-refractivity contribution in [2.75, 3.05) is 6.61 Å². The van der Waals surface area contributed by atoms with Gasteiger partial charge in [-0.3, -0.25) is 19.6 Å². The number of H-pyrrole nitrogens is 2. The first-order valence-corrected chi connectivity index (χ1v) is 8.70.